The molecule has 3 rings (SSSR count). The van der Waals surface area contributed by atoms with Crippen LogP contribution in [0.3, 0.4) is 0 Å². The van der Waals surface area contributed by atoms with Crippen LogP contribution in [0.4, 0.5) is 14.9 Å². The maximum Gasteiger partial charge on any atom is 0.322 e. The van der Waals surface area contributed by atoms with E-state index in [0.717, 1.165) is 25.7 Å². The number of benzene rings is 1. The van der Waals surface area contributed by atoms with E-state index in [-0.39, 0.29) is 31.9 Å². The van der Waals surface area contributed by atoms with Crippen molar-refractivity contribution < 1.29 is 17.6 Å². The van der Waals surface area contributed by atoms with Crippen molar-refractivity contribution >= 4 is 21.9 Å². The van der Waals surface area contributed by atoms with Crippen molar-refractivity contribution in [3.8, 4) is 0 Å². The zero-order chi connectivity index (χ0) is 18.6. The van der Waals surface area contributed by atoms with Crippen molar-refractivity contribution in [2.24, 2.45) is 0 Å². The molecule has 0 spiro atoms. The highest BCUT2D eigenvalue weighted by Gasteiger charge is 2.33. The number of rotatable bonds is 3. The number of amides is 2. The zero-order valence-corrected chi connectivity index (χ0v) is 15.5. The van der Waals surface area contributed by atoms with Gasteiger partial charge in [0.15, 0.2) is 0 Å². The van der Waals surface area contributed by atoms with Gasteiger partial charge in [0, 0.05) is 39.3 Å². The molecule has 2 heterocycles. The third-order valence-corrected chi connectivity index (χ3v) is 6.89. The van der Waals surface area contributed by atoms with Crippen LogP contribution in [0.2, 0.25) is 0 Å². The highest BCUT2D eigenvalue weighted by Crippen LogP contribution is 2.19. The summed E-state index contributed by atoms with van der Waals surface area (Å²) in [7, 11) is -3.47. The number of para-hydroxylation sites is 1. The number of halogens is 1. The summed E-state index contributed by atoms with van der Waals surface area (Å²) in [6.07, 6.45) is 3.92. The lowest BCUT2D eigenvalue weighted by Gasteiger charge is -2.36. The van der Waals surface area contributed by atoms with E-state index in [9.17, 15) is 17.6 Å². The molecule has 0 atom stereocenters. The fourth-order valence-corrected chi connectivity index (χ4v) is 4.99. The molecule has 2 fully saturated rings. The van der Waals surface area contributed by atoms with E-state index in [1.807, 2.05) is 0 Å². The Morgan fingerprint density at radius 3 is 2.08 bits per heavy atom. The van der Waals surface area contributed by atoms with Crippen LogP contribution in [0.25, 0.3) is 0 Å². The second-order valence-corrected chi connectivity index (χ2v) is 8.55. The van der Waals surface area contributed by atoms with Crippen LogP contribution in [-0.2, 0) is 10.2 Å². The first-order valence-electron chi connectivity index (χ1n) is 9.04. The zero-order valence-electron chi connectivity index (χ0n) is 14.7. The largest absolute Gasteiger partial charge is 0.322 e. The molecule has 0 bridgehead atoms. The number of anilines is 1. The van der Waals surface area contributed by atoms with E-state index in [4.69, 9.17) is 0 Å². The second kappa shape index (κ2) is 8.32. The van der Waals surface area contributed by atoms with Gasteiger partial charge in [0.05, 0.1) is 5.69 Å². The molecular formula is C17H25FN4O3S. The first-order valence-corrected chi connectivity index (χ1v) is 10.4. The van der Waals surface area contributed by atoms with E-state index in [2.05, 4.69) is 5.32 Å². The Morgan fingerprint density at radius 2 is 1.46 bits per heavy atom. The van der Waals surface area contributed by atoms with Crippen LogP contribution in [0.15, 0.2) is 24.3 Å². The Hall–Kier alpha value is -1.71. The van der Waals surface area contributed by atoms with Gasteiger partial charge in [0.25, 0.3) is 10.2 Å². The van der Waals surface area contributed by atoms with E-state index < -0.39 is 22.1 Å². The first-order chi connectivity index (χ1) is 12.5. The molecule has 1 aromatic carbocycles. The fourth-order valence-electron chi connectivity index (χ4n) is 3.31. The maximum atomic E-state index is 13.6. The lowest BCUT2D eigenvalue weighted by Crippen LogP contribution is -2.55. The van der Waals surface area contributed by atoms with Crippen LogP contribution in [0.1, 0.15) is 25.7 Å². The SMILES string of the molecule is O=C(Nc1ccccc1F)N1CCN(S(=O)(=O)N2CCCCCC2)CC1. The minimum atomic E-state index is -3.47. The molecule has 2 aliphatic heterocycles. The molecular weight excluding hydrogens is 359 g/mol. The van der Waals surface area contributed by atoms with Crippen molar-refractivity contribution in [2.45, 2.75) is 25.7 Å². The van der Waals surface area contributed by atoms with E-state index in [1.54, 1.807) is 16.4 Å². The summed E-state index contributed by atoms with van der Waals surface area (Å²) in [5.74, 6) is -0.497. The number of piperazine rings is 1. The van der Waals surface area contributed by atoms with Crippen LogP contribution >= 0.6 is 0 Å². The van der Waals surface area contributed by atoms with Crippen molar-refractivity contribution in [1.82, 2.24) is 13.5 Å². The van der Waals surface area contributed by atoms with Gasteiger partial charge < -0.3 is 10.2 Å². The highest BCUT2D eigenvalue weighted by molar-refractivity contribution is 7.86. The smallest absolute Gasteiger partial charge is 0.322 e. The predicted molar refractivity (Wildman–Crippen MR) is 97.5 cm³/mol. The third kappa shape index (κ3) is 4.33. The number of carbonyl (C=O) groups excluding carboxylic acids is 1. The Labute approximate surface area is 153 Å². The van der Waals surface area contributed by atoms with Crippen molar-refractivity contribution in [3.63, 3.8) is 0 Å². The summed E-state index contributed by atoms with van der Waals surface area (Å²) in [6, 6.07) is 5.55. The van der Waals surface area contributed by atoms with Gasteiger partial charge >= 0.3 is 6.03 Å². The van der Waals surface area contributed by atoms with E-state index in [0.29, 0.717) is 13.1 Å². The Kier molecular flexibility index (Phi) is 6.10. The molecule has 0 radical (unpaired) electrons. The second-order valence-electron chi connectivity index (χ2n) is 6.62. The van der Waals surface area contributed by atoms with Gasteiger partial charge in [-0.2, -0.15) is 17.0 Å². The molecule has 26 heavy (non-hydrogen) atoms. The number of nitrogens with zero attached hydrogens (tertiary/aromatic N) is 3. The standard InChI is InChI=1S/C17H25FN4O3S/c18-15-7-3-4-8-16(15)19-17(23)20-11-13-22(14-12-20)26(24,25)21-9-5-1-2-6-10-21/h3-4,7-8H,1-2,5-6,9-14H2,(H,19,23). The summed E-state index contributed by atoms with van der Waals surface area (Å²) in [6.45, 7) is 2.21. The quantitative estimate of drug-likeness (QED) is 0.867. The minimum absolute atomic E-state index is 0.122. The van der Waals surface area contributed by atoms with Crippen LogP contribution < -0.4 is 5.32 Å². The summed E-state index contributed by atoms with van der Waals surface area (Å²) in [5, 5.41) is 2.54. The van der Waals surface area contributed by atoms with Gasteiger partial charge in [-0.25, -0.2) is 9.18 Å². The molecule has 1 aromatic rings. The minimum Gasteiger partial charge on any atom is -0.322 e. The van der Waals surface area contributed by atoms with Crippen LogP contribution in [-0.4, -0.2) is 67.2 Å². The Balaban J connectivity index is 1.56. The molecule has 0 unspecified atom stereocenters. The third-order valence-electron chi connectivity index (χ3n) is 4.86. The average Bonchev–Trinajstić information content (AvgIpc) is 2.94. The molecule has 2 saturated heterocycles. The van der Waals surface area contributed by atoms with Crippen LogP contribution in [0, 0.1) is 5.82 Å². The fraction of sp³-hybridized carbons (Fsp3) is 0.588. The summed E-state index contributed by atoms with van der Waals surface area (Å²) in [5.41, 5.74) is 0.122. The monoisotopic (exact) mass is 384 g/mol. The van der Waals surface area contributed by atoms with Crippen molar-refractivity contribution in [3.05, 3.63) is 30.1 Å². The van der Waals surface area contributed by atoms with Crippen molar-refractivity contribution in [2.75, 3.05) is 44.6 Å². The number of hydrogen-bond acceptors (Lipinski definition) is 3. The van der Waals surface area contributed by atoms with Gasteiger partial charge in [0.2, 0.25) is 0 Å². The topological polar surface area (TPSA) is 73.0 Å². The molecule has 0 aliphatic carbocycles. The first kappa shape index (κ1) is 19.1. The van der Waals surface area contributed by atoms with Gasteiger partial charge in [-0.15, -0.1) is 0 Å². The van der Waals surface area contributed by atoms with Gasteiger partial charge in [0.1, 0.15) is 5.82 Å². The number of carbonyl (C=O) groups is 1. The maximum absolute atomic E-state index is 13.6. The highest BCUT2D eigenvalue weighted by atomic mass is 32.2. The molecule has 1 N–H and O–H groups in total. The summed E-state index contributed by atoms with van der Waals surface area (Å²) in [4.78, 5) is 13.8. The molecule has 9 heteroatoms. The number of nitrogens with one attached hydrogen (secondary N) is 1. The van der Waals surface area contributed by atoms with Gasteiger partial charge in [-0.05, 0) is 25.0 Å². The number of hydrogen-bond donors (Lipinski definition) is 1. The number of urea groups is 1. The normalized spacial score (nSPS) is 20.6. The van der Waals surface area contributed by atoms with Gasteiger partial charge in [-0.1, -0.05) is 25.0 Å². The van der Waals surface area contributed by atoms with E-state index in [1.165, 1.54) is 21.3 Å². The predicted octanol–water partition coefficient (Wildman–Crippen LogP) is 2.10. The lowest BCUT2D eigenvalue weighted by atomic mass is 10.2. The molecule has 0 saturated carbocycles. The lowest BCUT2D eigenvalue weighted by molar-refractivity contribution is 0.180. The average molecular weight is 384 g/mol. The molecule has 7 nitrogen and oxygen atoms in total. The Morgan fingerprint density at radius 1 is 0.885 bits per heavy atom. The van der Waals surface area contributed by atoms with E-state index >= 15 is 0 Å². The molecule has 0 aromatic heterocycles. The summed E-state index contributed by atoms with van der Waals surface area (Å²) < 4.78 is 42.2. The molecule has 2 aliphatic rings. The van der Waals surface area contributed by atoms with Gasteiger partial charge in [-0.3, -0.25) is 0 Å². The van der Waals surface area contributed by atoms with Crippen molar-refractivity contribution in [1.29, 1.82) is 0 Å². The molecule has 2 amide bonds. The molecule has 144 valence electrons. The van der Waals surface area contributed by atoms with Crippen LogP contribution in [0.5, 0.6) is 0 Å². The summed E-state index contributed by atoms with van der Waals surface area (Å²) >= 11 is 0. The Bertz CT molecular complexity index is 727.